The Balaban J connectivity index is 2.19. The molecule has 2 rings (SSSR count). The van der Waals surface area contributed by atoms with Crippen LogP contribution < -0.4 is 5.32 Å². The summed E-state index contributed by atoms with van der Waals surface area (Å²) in [6.45, 7) is 3.20. The van der Waals surface area contributed by atoms with Gasteiger partial charge in [0, 0.05) is 11.1 Å². The first-order valence-electron chi connectivity index (χ1n) is 5.89. The van der Waals surface area contributed by atoms with Crippen LogP contribution in [-0.4, -0.2) is 6.54 Å². The highest BCUT2D eigenvalue weighted by molar-refractivity contribution is 6.31. The predicted octanol–water partition coefficient (Wildman–Crippen LogP) is 3.93. The van der Waals surface area contributed by atoms with E-state index in [-0.39, 0.29) is 11.9 Å². The molecular weight excluding hydrogens is 225 g/mol. The van der Waals surface area contributed by atoms with Crippen molar-refractivity contribution in [3.05, 3.63) is 34.6 Å². The summed E-state index contributed by atoms with van der Waals surface area (Å²) in [6, 6.07) is 4.81. The van der Waals surface area contributed by atoms with Crippen LogP contribution in [0.2, 0.25) is 5.02 Å². The number of halogens is 2. The van der Waals surface area contributed by atoms with E-state index in [9.17, 15) is 4.39 Å². The van der Waals surface area contributed by atoms with Gasteiger partial charge in [-0.2, -0.15) is 0 Å². The highest BCUT2D eigenvalue weighted by atomic mass is 35.5. The van der Waals surface area contributed by atoms with Crippen molar-refractivity contribution in [3.8, 4) is 0 Å². The fourth-order valence-corrected chi connectivity index (χ4v) is 2.63. The van der Waals surface area contributed by atoms with Gasteiger partial charge in [-0.05, 0) is 49.1 Å². The van der Waals surface area contributed by atoms with E-state index < -0.39 is 0 Å². The molecule has 0 spiro atoms. The molecule has 0 bridgehead atoms. The lowest BCUT2D eigenvalue weighted by Crippen LogP contribution is -2.31. The first kappa shape index (κ1) is 11.9. The van der Waals surface area contributed by atoms with E-state index in [0.717, 1.165) is 24.4 Å². The van der Waals surface area contributed by atoms with Crippen LogP contribution in [0, 0.1) is 11.7 Å². The lowest BCUT2D eigenvalue weighted by molar-refractivity contribution is 0.299. The van der Waals surface area contributed by atoms with Gasteiger partial charge in [-0.25, -0.2) is 4.39 Å². The zero-order chi connectivity index (χ0) is 11.5. The molecule has 2 atom stereocenters. The highest BCUT2D eigenvalue weighted by Crippen LogP contribution is 2.33. The first-order chi connectivity index (χ1) is 7.70. The lowest BCUT2D eigenvalue weighted by atomic mass is 9.87. The molecule has 1 aromatic carbocycles. The molecule has 88 valence electrons. The molecule has 1 N–H and O–H groups in total. The molecular formula is C13H17ClFN. The van der Waals surface area contributed by atoms with Gasteiger partial charge < -0.3 is 5.32 Å². The molecule has 0 aromatic heterocycles. The standard InChI is InChI=1S/C13H17ClFN/c1-2-9-5-6-16-13(7-9)11-8-10(15)3-4-12(11)14/h3-4,8-9,13,16H,2,5-7H2,1H3. The van der Waals surface area contributed by atoms with Crippen LogP contribution in [0.15, 0.2) is 18.2 Å². The Kier molecular flexibility index (Phi) is 3.82. The quantitative estimate of drug-likeness (QED) is 0.827. The van der Waals surface area contributed by atoms with Gasteiger partial charge in [-0.1, -0.05) is 24.9 Å². The molecule has 0 saturated carbocycles. The summed E-state index contributed by atoms with van der Waals surface area (Å²) >= 11 is 6.11. The van der Waals surface area contributed by atoms with Gasteiger partial charge in [-0.15, -0.1) is 0 Å². The van der Waals surface area contributed by atoms with E-state index in [4.69, 9.17) is 11.6 Å². The monoisotopic (exact) mass is 241 g/mol. The Hall–Kier alpha value is -0.600. The van der Waals surface area contributed by atoms with Gasteiger partial charge in [-0.3, -0.25) is 0 Å². The average molecular weight is 242 g/mol. The van der Waals surface area contributed by atoms with E-state index in [2.05, 4.69) is 12.2 Å². The summed E-state index contributed by atoms with van der Waals surface area (Å²) in [4.78, 5) is 0. The SMILES string of the molecule is CCC1CCNC(c2cc(F)ccc2Cl)C1. The Bertz CT molecular complexity index is 367. The van der Waals surface area contributed by atoms with Crippen molar-refractivity contribution in [2.75, 3.05) is 6.54 Å². The molecule has 0 radical (unpaired) electrons. The van der Waals surface area contributed by atoms with Crippen molar-refractivity contribution < 1.29 is 4.39 Å². The topological polar surface area (TPSA) is 12.0 Å². The molecule has 0 amide bonds. The molecule has 1 aromatic rings. The smallest absolute Gasteiger partial charge is 0.123 e. The maximum atomic E-state index is 13.2. The second kappa shape index (κ2) is 5.15. The predicted molar refractivity (Wildman–Crippen MR) is 65.2 cm³/mol. The number of rotatable bonds is 2. The average Bonchev–Trinajstić information content (AvgIpc) is 2.32. The second-order valence-electron chi connectivity index (χ2n) is 4.47. The Morgan fingerprint density at radius 1 is 1.50 bits per heavy atom. The summed E-state index contributed by atoms with van der Waals surface area (Å²) in [5, 5.41) is 4.08. The molecule has 1 nitrogen and oxygen atoms in total. The second-order valence-corrected chi connectivity index (χ2v) is 4.88. The van der Waals surface area contributed by atoms with Gasteiger partial charge in [0.25, 0.3) is 0 Å². The molecule has 2 unspecified atom stereocenters. The van der Waals surface area contributed by atoms with Crippen LogP contribution in [0.4, 0.5) is 4.39 Å². The maximum absolute atomic E-state index is 13.2. The highest BCUT2D eigenvalue weighted by Gasteiger charge is 2.23. The number of nitrogens with one attached hydrogen (secondary N) is 1. The molecule has 3 heteroatoms. The fourth-order valence-electron chi connectivity index (χ4n) is 2.39. The molecule has 16 heavy (non-hydrogen) atoms. The normalized spacial score (nSPS) is 25.7. The van der Waals surface area contributed by atoms with Crippen molar-refractivity contribution in [1.82, 2.24) is 5.32 Å². The fraction of sp³-hybridized carbons (Fsp3) is 0.538. The Morgan fingerprint density at radius 3 is 3.06 bits per heavy atom. The van der Waals surface area contributed by atoms with Gasteiger partial charge in [0.15, 0.2) is 0 Å². The number of hydrogen-bond acceptors (Lipinski definition) is 1. The number of hydrogen-bond donors (Lipinski definition) is 1. The Labute approximate surface area is 101 Å². The minimum absolute atomic E-state index is 0.208. The number of benzene rings is 1. The largest absolute Gasteiger partial charge is 0.310 e. The van der Waals surface area contributed by atoms with Gasteiger partial charge in [0.05, 0.1) is 0 Å². The first-order valence-corrected chi connectivity index (χ1v) is 6.26. The molecule has 1 fully saturated rings. The van der Waals surface area contributed by atoms with E-state index >= 15 is 0 Å². The Morgan fingerprint density at radius 2 is 2.31 bits per heavy atom. The molecule has 1 aliphatic heterocycles. The van der Waals surface area contributed by atoms with Crippen LogP contribution >= 0.6 is 11.6 Å². The van der Waals surface area contributed by atoms with Crippen molar-refractivity contribution in [1.29, 1.82) is 0 Å². The summed E-state index contributed by atoms with van der Waals surface area (Å²) in [5.74, 6) is 0.519. The lowest BCUT2D eigenvalue weighted by Gasteiger charge is -2.30. The third-order valence-corrected chi connectivity index (χ3v) is 3.77. The zero-order valence-corrected chi connectivity index (χ0v) is 10.2. The summed E-state index contributed by atoms with van der Waals surface area (Å²) in [7, 11) is 0. The molecule has 1 aliphatic rings. The van der Waals surface area contributed by atoms with Crippen molar-refractivity contribution >= 4 is 11.6 Å². The van der Waals surface area contributed by atoms with E-state index in [0.29, 0.717) is 5.02 Å². The summed E-state index contributed by atoms with van der Waals surface area (Å²) < 4.78 is 13.2. The van der Waals surface area contributed by atoms with Crippen LogP contribution in [0.1, 0.15) is 37.8 Å². The maximum Gasteiger partial charge on any atom is 0.123 e. The third kappa shape index (κ3) is 2.55. The van der Waals surface area contributed by atoms with Crippen LogP contribution in [0.5, 0.6) is 0 Å². The summed E-state index contributed by atoms with van der Waals surface area (Å²) in [6.07, 6.45) is 3.45. The van der Waals surface area contributed by atoms with Crippen LogP contribution in [-0.2, 0) is 0 Å². The van der Waals surface area contributed by atoms with Crippen molar-refractivity contribution in [2.45, 2.75) is 32.2 Å². The van der Waals surface area contributed by atoms with E-state index in [1.165, 1.54) is 18.9 Å². The van der Waals surface area contributed by atoms with Crippen LogP contribution in [0.25, 0.3) is 0 Å². The van der Waals surface area contributed by atoms with E-state index in [1.54, 1.807) is 12.1 Å². The minimum atomic E-state index is -0.208. The van der Waals surface area contributed by atoms with Gasteiger partial charge in [0.1, 0.15) is 5.82 Å². The van der Waals surface area contributed by atoms with Crippen molar-refractivity contribution in [2.24, 2.45) is 5.92 Å². The molecule has 0 aliphatic carbocycles. The van der Waals surface area contributed by atoms with Crippen LogP contribution in [0.3, 0.4) is 0 Å². The van der Waals surface area contributed by atoms with Crippen molar-refractivity contribution in [3.63, 3.8) is 0 Å². The van der Waals surface area contributed by atoms with E-state index in [1.807, 2.05) is 0 Å². The van der Waals surface area contributed by atoms with Gasteiger partial charge >= 0.3 is 0 Å². The zero-order valence-electron chi connectivity index (χ0n) is 9.47. The molecule has 1 heterocycles. The molecule has 1 saturated heterocycles. The minimum Gasteiger partial charge on any atom is -0.310 e. The van der Waals surface area contributed by atoms with Gasteiger partial charge in [0.2, 0.25) is 0 Å². The summed E-state index contributed by atoms with van der Waals surface area (Å²) in [5.41, 5.74) is 0.903. The third-order valence-electron chi connectivity index (χ3n) is 3.42. The number of piperidine rings is 1.